The first-order valence-corrected chi connectivity index (χ1v) is 7.96. The summed E-state index contributed by atoms with van der Waals surface area (Å²) < 4.78 is 27.4. The van der Waals surface area contributed by atoms with Crippen LogP contribution < -0.4 is 0 Å². The highest BCUT2D eigenvalue weighted by Gasteiger charge is 2.33. The Labute approximate surface area is 115 Å². The minimum atomic E-state index is -3.40. The van der Waals surface area contributed by atoms with Gasteiger partial charge in [0.25, 0.3) is 10.2 Å². The van der Waals surface area contributed by atoms with E-state index in [2.05, 4.69) is 0 Å². The largest absolute Gasteiger partial charge is 0.480 e. The summed E-state index contributed by atoms with van der Waals surface area (Å²) in [7, 11) is -3.40. The van der Waals surface area contributed by atoms with E-state index < -0.39 is 22.2 Å². The lowest BCUT2D eigenvalue weighted by atomic mass is 10.2. The zero-order valence-electron chi connectivity index (χ0n) is 11.7. The van der Waals surface area contributed by atoms with Crippen molar-refractivity contribution in [1.29, 1.82) is 0 Å². The molecule has 1 rings (SSSR count). The minimum Gasteiger partial charge on any atom is -0.480 e. The van der Waals surface area contributed by atoms with Crippen molar-refractivity contribution in [2.24, 2.45) is 0 Å². The van der Waals surface area contributed by atoms with Gasteiger partial charge in [0.2, 0.25) is 0 Å². The number of hydrogen-bond acceptors (Lipinski definition) is 4. The molecule has 0 spiro atoms. The van der Waals surface area contributed by atoms with Crippen LogP contribution in [0.2, 0.25) is 0 Å². The van der Waals surface area contributed by atoms with Gasteiger partial charge in [-0.05, 0) is 6.92 Å². The number of carboxylic acid groups (broad SMARTS) is 1. The molecule has 0 aromatic heterocycles. The third-order valence-electron chi connectivity index (χ3n) is 3.54. The number of rotatable bonds is 6. The van der Waals surface area contributed by atoms with E-state index >= 15 is 0 Å². The Bertz CT molecular complexity index is 400. The van der Waals surface area contributed by atoms with E-state index in [4.69, 9.17) is 5.11 Å². The molecule has 0 aliphatic carbocycles. The predicted octanol–water partition coefficient (Wildman–Crippen LogP) is -0.336. The van der Waals surface area contributed by atoms with Crippen LogP contribution in [-0.2, 0) is 15.0 Å². The highest BCUT2D eigenvalue weighted by Crippen LogP contribution is 2.13. The normalized spacial score (nSPS) is 20.6. The van der Waals surface area contributed by atoms with E-state index in [-0.39, 0.29) is 0 Å². The first-order chi connectivity index (χ1) is 8.84. The van der Waals surface area contributed by atoms with E-state index in [1.54, 1.807) is 11.8 Å². The Morgan fingerprint density at radius 1 is 1.21 bits per heavy atom. The van der Waals surface area contributed by atoms with Crippen LogP contribution in [0.5, 0.6) is 0 Å². The van der Waals surface area contributed by atoms with Crippen LogP contribution in [0.3, 0.4) is 0 Å². The summed E-state index contributed by atoms with van der Waals surface area (Å²) in [6.07, 6.45) is 0. The van der Waals surface area contributed by atoms with Crippen LogP contribution in [0, 0.1) is 0 Å². The van der Waals surface area contributed by atoms with Crippen molar-refractivity contribution in [3.63, 3.8) is 0 Å². The topological polar surface area (TPSA) is 81.2 Å². The smallest absolute Gasteiger partial charge is 0.320 e. The van der Waals surface area contributed by atoms with Crippen molar-refractivity contribution >= 4 is 16.2 Å². The molecule has 7 nitrogen and oxygen atoms in total. The highest BCUT2D eigenvalue weighted by atomic mass is 32.2. The molecule has 0 bridgehead atoms. The molecule has 1 N–H and O–H groups in total. The fourth-order valence-electron chi connectivity index (χ4n) is 2.19. The van der Waals surface area contributed by atoms with Gasteiger partial charge in [0.05, 0.1) is 0 Å². The number of nitrogens with zero attached hydrogens (tertiary/aromatic N) is 3. The first kappa shape index (κ1) is 16.4. The van der Waals surface area contributed by atoms with E-state index in [1.165, 1.54) is 8.61 Å². The van der Waals surface area contributed by atoms with Crippen LogP contribution in [-0.4, -0.2) is 78.3 Å². The lowest BCUT2D eigenvalue weighted by Gasteiger charge is -2.37. The van der Waals surface area contributed by atoms with E-state index in [9.17, 15) is 13.2 Å². The van der Waals surface area contributed by atoms with Gasteiger partial charge in [-0.3, -0.25) is 9.69 Å². The maximum absolute atomic E-state index is 12.3. The van der Waals surface area contributed by atoms with Crippen molar-refractivity contribution in [2.45, 2.75) is 26.8 Å². The molecule has 1 heterocycles. The molecule has 19 heavy (non-hydrogen) atoms. The molecule has 8 heteroatoms. The Morgan fingerprint density at radius 3 is 2.05 bits per heavy atom. The maximum Gasteiger partial charge on any atom is 0.320 e. The van der Waals surface area contributed by atoms with Gasteiger partial charge in [0, 0.05) is 39.3 Å². The van der Waals surface area contributed by atoms with Crippen LogP contribution in [0.15, 0.2) is 0 Å². The lowest BCUT2D eigenvalue weighted by molar-refractivity contribution is -0.143. The van der Waals surface area contributed by atoms with Gasteiger partial charge in [-0.2, -0.15) is 17.0 Å². The fourth-order valence-corrected chi connectivity index (χ4v) is 3.79. The standard InChI is InChI=1S/C11H23N3O4S/c1-4-13(5-2)19(17,18)14-8-6-12(7-9-14)10(3)11(15)16/h10H,4-9H2,1-3H3,(H,15,16). The number of aliphatic carboxylic acids is 1. The zero-order chi connectivity index (χ0) is 14.6. The molecule has 1 saturated heterocycles. The summed E-state index contributed by atoms with van der Waals surface area (Å²) in [5.41, 5.74) is 0. The summed E-state index contributed by atoms with van der Waals surface area (Å²) in [5.74, 6) is -0.875. The molecule has 0 aromatic rings. The zero-order valence-corrected chi connectivity index (χ0v) is 12.6. The van der Waals surface area contributed by atoms with Crippen molar-refractivity contribution < 1.29 is 18.3 Å². The molecule has 0 radical (unpaired) electrons. The summed E-state index contributed by atoms with van der Waals surface area (Å²) in [6, 6.07) is -0.571. The highest BCUT2D eigenvalue weighted by molar-refractivity contribution is 7.86. The van der Waals surface area contributed by atoms with Gasteiger partial charge in [-0.25, -0.2) is 0 Å². The summed E-state index contributed by atoms with van der Waals surface area (Å²) in [4.78, 5) is 12.7. The average Bonchev–Trinajstić information content (AvgIpc) is 2.39. The maximum atomic E-state index is 12.3. The summed E-state index contributed by atoms with van der Waals surface area (Å²) in [5, 5.41) is 8.94. The second-order valence-corrected chi connectivity index (χ2v) is 6.47. The van der Waals surface area contributed by atoms with Gasteiger partial charge in [-0.1, -0.05) is 13.8 Å². The van der Waals surface area contributed by atoms with Crippen molar-refractivity contribution in [3.8, 4) is 0 Å². The third kappa shape index (κ3) is 3.65. The molecule has 1 aliphatic rings. The Kier molecular flexibility index (Phi) is 5.72. The fraction of sp³-hybridized carbons (Fsp3) is 0.909. The van der Waals surface area contributed by atoms with Gasteiger partial charge in [-0.15, -0.1) is 0 Å². The minimum absolute atomic E-state index is 0.344. The molecule has 0 saturated carbocycles. The van der Waals surface area contributed by atoms with Crippen LogP contribution in [0.1, 0.15) is 20.8 Å². The molecule has 112 valence electrons. The van der Waals surface area contributed by atoms with E-state index in [0.717, 1.165) is 0 Å². The van der Waals surface area contributed by atoms with Crippen molar-refractivity contribution in [2.75, 3.05) is 39.3 Å². The molecule has 0 amide bonds. The molecule has 1 aliphatic heterocycles. The van der Waals surface area contributed by atoms with Gasteiger partial charge >= 0.3 is 5.97 Å². The summed E-state index contributed by atoms with van der Waals surface area (Å²) >= 11 is 0. The molecular formula is C11H23N3O4S. The van der Waals surface area contributed by atoms with Crippen molar-refractivity contribution in [3.05, 3.63) is 0 Å². The molecule has 1 atom stereocenters. The molecule has 0 aromatic carbocycles. The van der Waals surface area contributed by atoms with Gasteiger partial charge in [0.1, 0.15) is 6.04 Å². The molecule has 1 unspecified atom stereocenters. The second-order valence-electron chi connectivity index (χ2n) is 4.54. The number of carbonyl (C=O) groups is 1. The van der Waals surface area contributed by atoms with E-state index in [0.29, 0.717) is 39.3 Å². The molecule has 1 fully saturated rings. The van der Waals surface area contributed by atoms with Crippen molar-refractivity contribution in [1.82, 2.24) is 13.5 Å². The number of hydrogen-bond donors (Lipinski definition) is 1. The quantitative estimate of drug-likeness (QED) is 0.725. The molecular weight excluding hydrogens is 270 g/mol. The average molecular weight is 293 g/mol. The Balaban J connectivity index is 2.66. The Morgan fingerprint density at radius 2 is 1.68 bits per heavy atom. The van der Waals surface area contributed by atoms with Crippen LogP contribution in [0.25, 0.3) is 0 Å². The van der Waals surface area contributed by atoms with Crippen LogP contribution in [0.4, 0.5) is 0 Å². The SMILES string of the molecule is CCN(CC)S(=O)(=O)N1CCN(C(C)C(=O)O)CC1. The summed E-state index contributed by atoms with van der Waals surface area (Å²) in [6.45, 7) is 7.73. The van der Waals surface area contributed by atoms with Gasteiger partial charge < -0.3 is 5.11 Å². The van der Waals surface area contributed by atoms with Gasteiger partial charge in [0.15, 0.2) is 0 Å². The predicted molar refractivity (Wildman–Crippen MR) is 72.1 cm³/mol. The second kappa shape index (κ2) is 6.65. The first-order valence-electron chi connectivity index (χ1n) is 6.56. The number of piperazine rings is 1. The van der Waals surface area contributed by atoms with Crippen LogP contribution >= 0.6 is 0 Å². The third-order valence-corrected chi connectivity index (χ3v) is 5.72. The Hall–Kier alpha value is -0.700. The van der Waals surface area contributed by atoms with E-state index in [1.807, 2.05) is 13.8 Å². The monoisotopic (exact) mass is 293 g/mol. The lowest BCUT2D eigenvalue weighted by Crippen LogP contribution is -2.55. The number of carboxylic acids is 1.